The molecule has 0 aliphatic heterocycles. The molecule has 0 bridgehead atoms. The van der Waals surface area contributed by atoms with Crippen molar-refractivity contribution in [3.8, 4) is 0 Å². The number of alkyl halides is 1. The van der Waals surface area contributed by atoms with Crippen molar-refractivity contribution in [1.29, 1.82) is 0 Å². The number of halogens is 3. The summed E-state index contributed by atoms with van der Waals surface area (Å²) in [7, 11) is 0. The summed E-state index contributed by atoms with van der Waals surface area (Å²) in [5, 5.41) is 3.68. The average Bonchev–Trinajstić information content (AvgIpc) is 2.20. The molecule has 0 heterocycles. The summed E-state index contributed by atoms with van der Waals surface area (Å²) in [5.41, 5.74) is 0.531. The molecule has 15 heavy (non-hydrogen) atoms. The van der Waals surface area contributed by atoms with Crippen molar-refractivity contribution in [3.05, 3.63) is 28.2 Å². The predicted molar refractivity (Wildman–Crippen MR) is 65.0 cm³/mol. The number of carbonyl (C=O) groups is 1. The molecule has 1 aromatic rings. The van der Waals surface area contributed by atoms with Crippen LogP contribution in [0.4, 0.5) is 5.69 Å². The second-order valence-electron chi connectivity index (χ2n) is 2.96. The minimum absolute atomic E-state index is 0.111. The fourth-order valence-corrected chi connectivity index (χ4v) is 1.50. The van der Waals surface area contributed by atoms with Crippen LogP contribution in [-0.4, -0.2) is 11.8 Å². The lowest BCUT2D eigenvalue weighted by molar-refractivity contribution is -0.116. The molecular formula is C10H10Cl3NO. The Kier molecular flexibility index (Phi) is 5.23. The van der Waals surface area contributed by atoms with Crippen molar-refractivity contribution < 1.29 is 4.79 Å². The first-order valence-corrected chi connectivity index (χ1v) is 5.73. The van der Waals surface area contributed by atoms with Crippen LogP contribution in [0.25, 0.3) is 0 Å². The molecule has 0 aromatic heterocycles. The Bertz CT molecular complexity index is 355. The number of anilines is 1. The van der Waals surface area contributed by atoms with E-state index in [9.17, 15) is 4.79 Å². The molecule has 0 atom stereocenters. The molecule has 82 valence electrons. The van der Waals surface area contributed by atoms with Gasteiger partial charge >= 0.3 is 0 Å². The molecule has 1 rings (SSSR count). The van der Waals surface area contributed by atoms with Crippen molar-refractivity contribution in [2.24, 2.45) is 0 Å². The first kappa shape index (κ1) is 12.6. The normalized spacial score (nSPS) is 10.1. The van der Waals surface area contributed by atoms with E-state index in [-0.39, 0.29) is 5.91 Å². The largest absolute Gasteiger partial charge is 0.325 e. The highest BCUT2D eigenvalue weighted by Crippen LogP contribution is 2.25. The van der Waals surface area contributed by atoms with Gasteiger partial charge in [0.1, 0.15) is 0 Å². The molecule has 1 aromatic carbocycles. The van der Waals surface area contributed by atoms with Crippen molar-refractivity contribution >= 4 is 46.4 Å². The van der Waals surface area contributed by atoms with Gasteiger partial charge in [0.2, 0.25) is 5.91 Å². The van der Waals surface area contributed by atoms with Crippen molar-refractivity contribution in [2.75, 3.05) is 11.2 Å². The van der Waals surface area contributed by atoms with Crippen molar-refractivity contribution in [1.82, 2.24) is 0 Å². The van der Waals surface area contributed by atoms with E-state index in [1.54, 1.807) is 18.2 Å². The van der Waals surface area contributed by atoms with Crippen LogP contribution >= 0.6 is 34.8 Å². The monoisotopic (exact) mass is 265 g/mol. The summed E-state index contributed by atoms with van der Waals surface area (Å²) < 4.78 is 0. The molecule has 1 amide bonds. The number of hydrogen-bond donors (Lipinski definition) is 1. The molecule has 0 saturated heterocycles. The topological polar surface area (TPSA) is 29.1 Å². The molecule has 0 aliphatic carbocycles. The van der Waals surface area contributed by atoms with Crippen LogP contribution in [0.3, 0.4) is 0 Å². The first-order valence-electron chi connectivity index (χ1n) is 4.44. The summed E-state index contributed by atoms with van der Waals surface area (Å²) in [6.45, 7) is 0. The number of rotatable bonds is 4. The van der Waals surface area contributed by atoms with E-state index in [4.69, 9.17) is 34.8 Å². The number of hydrogen-bond acceptors (Lipinski definition) is 1. The number of nitrogens with one attached hydrogen (secondary N) is 1. The number of amides is 1. The van der Waals surface area contributed by atoms with Crippen LogP contribution in [0.5, 0.6) is 0 Å². The molecule has 2 nitrogen and oxygen atoms in total. The lowest BCUT2D eigenvalue weighted by Gasteiger charge is -2.06. The summed E-state index contributed by atoms with van der Waals surface area (Å²) in [6.07, 6.45) is 1.03. The van der Waals surface area contributed by atoms with Gasteiger partial charge in [-0.05, 0) is 24.6 Å². The molecule has 1 N–H and O–H groups in total. The SMILES string of the molecule is O=C(CCCCl)Nc1cc(Cl)ccc1Cl. The quantitative estimate of drug-likeness (QED) is 0.822. The molecule has 0 saturated carbocycles. The Labute approximate surface area is 104 Å². The Morgan fingerprint density at radius 1 is 1.33 bits per heavy atom. The first-order chi connectivity index (χ1) is 7.13. The predicted octanol–water partition coefficient (Wildman–Crippen LogP) is 3.95. The second-order valence-corrected chi connectivity index (χ2v) is 4.19. The number of benzene rings is 1. The fraction of sp³-hybridized carbons (Fsp3) is 0.300. The van der Waals surface area contributed by atoms with Crippen LogP contribution in [0.1, 0.15) is 12.8 Å². The van der Waals surface area contributed by atoms with Gasteiger partial charge in [-0.25, -0.2) is 0 Å². The third-order valence-corrected chi connectivity index (χ3v) is 2.57. The van der Waals surface area contributed by atoms with Gasteiger partial charge in [-0.15, -0.1) is 11.6 Å². The van der Waals surface area contributed by atoms with E-state index < -0.39 is 0 Å². The van der Waals surface area contributed by atoms with Crippen LogP contribution in [0.2, 0.25) is 10.0 Å². The van der Waals surface area contributed by atoms with Crippen LogP contribution in [0, 0.1) is 0 Å². The zero-order chi connectivity index (χ0) is 11.3. The third-order valence-electron chi connectivity index (χ3n) is 1.74. The maximum atomic E-state index is 11.4. The second kappa shape index (κ2) is 6.21. The third kappa shape index (κ3) is 4.29. The molecule has 0 spiro atoms. The van der Waals surface area contributed by atoms with Gasteiger partial charge in [-0.3, -0.25) is 4.79 Å². The lowest BCUT2D eigenvalue weighted by Crippen LogP contribution is -2.11. The van der Waals surface area contributed by atoms with Gasteiger partial charge in [-0.1, -0.05) is 23.2 Å². The zero-order valence-corrected chi connectivity index (χ0v) is 10.2. The Morgan fingerprint density at radius 2 is 2.07 bits per heavy atom. The van der Waals surface area contributed by atoms with E-state index in [1.807, 2.05) is 0 Å². The smallest absolute Gasteiger partial charge is 0.224 e. The summed E-state index contributed by atoms with van der Waals surface area (Å²) >= 11 is 17.1. The molecule has 0 aliphatic rings. The lowest BCUT2D eigenvalue weighted by atomic mass is 10.3. The van der Waals surface area contributed by atoms with E-state index in [1.165, 1.54) is 0 Å². The Hall–Kier alpha value is -0.440. The van der Waals surface area contributed by atoms with E-state index in [2.05, 4.69) is 5.32 Å². The molecule has 0 unspecified atom stereocenters. The minimum Gasteiger partial charge on any atom is -0.325 e. The number of carbonyl (C=O) groups excluding carboxylic acids is 1. The Morgan fingerprint density at radius 3 is 2.73 bits per heavy atom. The maximum absolute atomic E-state index is 11.4. The van der Waals surface area contributed by atoms with E-state index in [0.29, 0.717) is 34.5 Å². The van der Waals surface area contributed by atoms with Gasteiger partial charge in [0, 0.05) is 17.3 Å². The summed E-state index contributed by atoms with van der Waals surface area (Å²) in [5.74, 6) is 0.358. The zero-order valence-electron chi connectivity index (χ0n) is 7.90. The van der Waals surface area contributed by atoms with Crippen molar-refractivity contribution in [2.45, 2.75) is 12.8 Å². The molecular weight excluding hydrogens is 256 g/mol. The minimum atomic E-state index is -0.111. The van der Waals surface area contributed by atoms with Gasteiger partial charge in [-0.2, -0.15) is 0 Å². The molecule has 5 heteroatoms. The fourth-order valence-electron chi connectivity index (χ4n) is 1.03. The molecule has 0 radical (unpaired) electrons. The summed E-state index contributed by atoms with van der Waals surface area (Å²) in [6, 6.07) is 4.92. The van der Waals surface area contributed by atoms with Gasteiger partial charge in [0.15, 0.2) is 0 Å². The van der Waals surface area contributed by atoms with E-state index in [0.717, 1.165) is 0 Å². The van der Waals surface area contributed by atoms with Crippen LogP contribution in [0.15, 0.2) is 18.2 Å². The molecule has 0 fully saturated rings. The summed E-state index contributed by atoms with van der Waals surface area (Å²) in [4.78, 5) is 11.4. The van der Waals surface area contributed by atoms with E-state index >= 15 is 0 Å². The highest BCUT2D eigenvalue weighted by atomic mass is 35.5. The van der Waals surface area contributed by atoms with Crippen LogP contribution in [-0.2, 0) is 4.79 Å². The highest BCUT2D eigenvalue weighted by Gasteiger charge is 2.05. The highest BCUT2D eigenvalue weighted by molar-refractivity contribution is 6.35. The average molecular weight is 267 g/mol. The standard InChI is InChI=1S/C10H10Cl3NO/c11-5-1-2-10(15)14-9-6-7(12)3-4-8(9)13/h3-4,6H,1-2,5H2,(H,14,15). The van der Waals surface area contributed by atoms with Crippen molar-refractivity contribution in [3.63, 3.8) is 0 Å². The maximum Gasteiger partial charge on any atom is 0.224 e. The van der Waals surface area contributed by atoms with Gasteiger partial charge in [0.05, 0.1) is 10.7 Å². The Balaban J connectivity index is 2.63. The van der Waals surface area contributed by atoms with Crippen LogP contribution < -0.4 is 5.32 Å². The van der Waals surface area contributed by atoms with Gasteiger partial charge < -0.3 is 5.32 Å². The van der Waals surface area contributed by atoms with Gasteiger partial charge in [0.25, 0.3) is 0 Å².